The molecular formula is C21H24N2O2. The fourth-order valence-corrected chi connectivity index (χ4v) is 2.78. The van der Waals surface area contributed by atoms with Gasteiger partial charge in [0.05, 0.1) is 6.54 Å². The first kappa shape index (κ1) is 18.6. The zero-order chi connectivity index (χ0) is 18.2. The maximum Gasteiger partial charge on any atom is 0.238 e. The molecule has 2 aromatic rings. The van der Waals surface area contributed by atoms with Crippen LogP contribution in [-0.4, -0.2) is 19.1 Å². The number of nitrogens with one attached hydrogen (secondary N) is 2. The van der Waals surface area contributed by atoms with Crippen molar-refractivity contribution < 1.29 is 9.53 Å². The molecule has 0 saturated carbocycles. The van der Waals surface area contributed by atoms with Crippen molar-refractivity contribution >= 4 is 11.6 Å². The second-order valence-corrected chi connectivity index (χ2v) is 6.03. The van der Waals surface area contributed by atoms with Gasteiger partial charge < -0.3 is 15.4 Å². The van der Waals surface area contributed by atoms with E-state index in [9.17, 15) is 4.79 Å². The Morgan fingerprint density at radius 1 is 1.16 bits per heavy atom. The monoisotopic (exact) mass is 336 g/mol. The molecule has 4 nitrogen and oxygen atoms in total. The fourth-order valence-electron chi connectivity index (χ4n) is 2.78. The van der Waals surface area contributed by atoms with Gasteiger partial charge in [-0.05, 0) is 38.0 Å². The Balaban J connectivity index is 1.91. The Morgan fingerprint density at radius 3 is 2.52 bits per heavy atom. The van der Waals surface area contributed by atoms with Crippen molar-refractivity contribution in [3.05, 3.63) is 58.7 Å². The van der Waals surface area contributed by atoms with Crippen LogP contribution < -0.4 is 15.4 Å². The summed E-state index contributed by atoms with van der Waals surface area (Å²) >= 11 is 0. The lowest BCUT2D eigenvalue weighted by Gasteiger charge is -2.14. The van der Waals surface area contributed by atoms with E-state index in [1.54, 1.807) is 0 Å². The normalized spacial score (nSPS) is 10.2. The molecular weight excluding hydrogens is 312 g/mol. The molecule has 0 fully saturated rings. The number of carbonyl (C=O) groups excluding carboxylic acids is 1. The van der Waals surface area contributed by atoms with E-state index in [4.69, 9.17) is 11.2 Å². The number of anilines is 1. The largest absolute Gasteiger partial charge is 0.481 e. The van der Waals surface area contributed by atoms with E-state index in [0.717, 1.165) is 28.1 Å². The molecule has 0 atom stereocenters. The van der Waals surface area contributed by atoms with Crippen LogP contribution in [0.25, 0.3) is 0 Å². The van der Waals surface area contributed by atoms with Crippen LogP contribution in [0.3, 0.4) is 0 Å². The van der Waals surface area contributed by atoms with Gasteiger partial charge in [0.2, 0.25) is 5.91 Å². The molecule has 0 bridgehead atoms. The van der Waals surface area contributed by atoms with Gasteiger partial charge in [0.25, 0.3) is 0 Å². The minimum Gasteiger partial charge on any atom is -0.481 e. The van der Waals surface area contributed by atoms with Crippen LogP contribution in [-0.2, 0) is 11.3 Å². The smallest absolute Gasteiger partial charge is 0.238 e. The number of aryl methyl sites for hydroxylation is 3. The number of terminal acetylenes is 1. The van der Waals surface area contributed by atoms with Crippen molar-refractivity contribution in [1.82, 2.24) is 5.32 Å². The summed E-state index contributed by atoms with van der Waals surface area (Å²) in [4.78, 5) is 12.2. The second-order valence-electron chi connectivity index (χ2n) is 6.03. The maximum atomic E-state index is 12.2. The van der Waals surface area contributed by atoms with E-state index in [1.807, 2.05) is 45.0 Å². The Morgan fingerprint density at radius 2 is 1.84 bits per heavy atom. The van der Waals surface area contributed by atoms with E-state index in [-0.39, 0.29) is 19.1 Å². The number of ether oxygens (including phenoxy) is 1. The molecule has 4 heteroatoms. The molecule has 0 radical (unpaired) electrons. The predicted molar refractivity (Wildman–Crippen MR) is 102 cm³/mol. The highest BCUT2D eigenvalue weighted by Crippen LogP contribution is 2.21. The van der Waals surface area contributed by atoms with Gasteiger partial charge in [-0.1, -0.05) is 41.8 Å². The third kappa shape index (κ3) is 5.37. The average molecular weight is 336 g/mol. The third-order valence-corrected chi connectivity index (χ3v) is 3.83. The third-order valence-electron chi connectivity index (χ3n) is 3.83. The number of benzene rings is 2. The number of para-hydroxylation sites is 1. The summed E-state index contributed by atoms with van der Waals surface area (Å²) in [5.74, 6) is 3.12. The molecule has 0 aliphatic carbocycles. The molecule has 0 aromatic heterocycles. The summed E-state index contributed by atoms with van der Waals surface area (Å²) < 4.78 is 5.51. The van der Waals surface area contributed by atoms with Crippen molar-refractivity contribution in [3.63, 3.8) is 0 Å². The number of hydrogen-bond acceptors (Lipinski definition) is 3. The van der Waals surface area contributed by atoms with Crippen molar-refractivity contribution in [2.24, 2.45) is 0 Å². The summed E-state index contributed by atoms with van der Waals surface area (Å²) in [5, 5.41) is 6.13. The molecule has 0 unspecified atom stereocenters. The van der Waals surface area contributed by atoms with Crippen molar-refractivity contribution in [2.75, 3.05) is 18.5 Å². The van der Waals surface area contributed by atoms with Crippen LogP contribution in [0.1, 0.15) is 22.3 Å². The highest BCUT2D eigenvalue weighted by Gasteiger charge is 2.09. The van der Waals surface area contributed by atoms with E-state index < -0.39 is 0 Å². The van der Waals surface area contributed by atoms with Crippen molar-refractivity contribution in [2.45, 2.75) is 27.3 Å². The van der Waals surface area contributed by atoms with Crippen LogP contribution in [0.4, 0.5) is 5.69 Å². The molecule has 0 spiro atoms. The first-order valence-electron chi connectivity index (χ1n) is 8.24. The maximum absolute atomic E-state index is 12.2. The summed E-state index contributed by atoms with van der Waals surface area (Å²) in [6.45, 7) is 7.02. The first-order valence-corrected chi connectivity index (χ1v) is 8.24. The second kappa shape index (κ2) is 8.91. The Bertz CT molecular complexity index is 768. The van der Waals surface area contributed by atoms with Gasteiger partial charge in [-0.15, -0.1) is 6.42 Å². The minimum atomic E-state index is -0.0722. The molecule has 0 aliphatic heterocycles. The lowest BCUT2D eigenvalue weighted by atomic mass is 10.1. The molecule has 25 heavy (non-hydrogen) atoms. The van der Waals surface area contributed by atoms with Gasteiger partial charge in [-0.2, -0.15) is 0 Å². The molecule has 1 amide bonds. The molecule has 0 aliphatic rings. The average Bonchev–Trinajstić information content (AvgIpc) is 2.57. The van der Waals surface area contributed by atoms with Gasteiger partial charge in [0.1, 0.15) is 12.4 Å². The Hall–Kier alpha value is -2.77. The summed E-state index contributed by atoms with van der Waals surface area (Å²) in [7, 11) is 0. The van der Waals surface area contributed by atoms with Crippen LogP contribution in [0.2, 0.25) is 0 Å². The van der Waals surface area contributed by atoms with Crippen LogP contribution in [0.15, 0.2) is 36.4 Å². The van der Waals surface area contributed by atoms with Crippen LogP contribution in [0, 0.1) is 33.1 Å². The first-order chi connectivity index (χ1) is 12.0. The van der Waals surface area contributed by atoms with Gasteiger partial charge in [0, 0.05) is 17.8 Å². The van der Waals surface area contributed by atoms with E-state index in [0.29, 0.717) is 6.54 Å². The molecule has 0 heterocycles. The number of carbonyl (C=O) groups is 1. The summed E-state index contributed by atoms with van der Waals surface area (Å²) in [6.07, 6.45) is 5.23. The molecule has 2 N–H and O–H groups in total. The predicted octanol–water partition coefficient (Wildman–Crippen LogP) is 3.35. The van der Waals surface area contributed by atoms with Gasteiger partial charge in [-0.3, -0.25) is 4.79 Å². The van der Waals surface area contributed by atoms with E-state index in [2.05, 4.69) is 28.7 Å². The zero-order valence-electron chi connectivity index (χ0n) is 15.0. The highest BCUT2D eigenvalue weighted by atomic mass is 16.5. The quantitative estimate of drug-likeness (QED) is 0.763. The highest BCUT2D eigenvalue weighted by molar-refractivity contribution is 5.93. The van der Waals surface area contributed by atoms with Gasteiger partial charge >= 0.3 is 0 Å². The molecule has 0 saturated heterocycles. The van der Waals surface area contributed by atoms with Crippen LogP contribution >= 0.6 is 0 Å². The van der Waals surface area contributed by atoms with Crippen LogP contribution in [0.5, 0.6) is 5.75 Å². The molecule has 2 aromatic carbocycles. The topological polar surface area (TPSA) is 50.4 Å². The lowest BCUT2D eigenvalue weighted by Crippen LogP contribution is -2.28. The van der Waals surface area contributed by atoms with Crippen molar-refractivity contribution in [3.8, 4) is 18.1 Å². The Kier molecular flexibility index (Phi) is 6.62. The van der Waals surface area contributed by atoms with E-state index >= 15 is 0 Å². The van der Waals surface area contributed by atoms with E-state index in [1.165, 1.54) is 5.56 Å². The Labute approximate surface area is 149 Å². The van der Waals surface area contributed by atoms with Gasteiger partial charge in [-0.25, -0.2) is 0 Å². The number of amides is 1. The molecule has 2 rings (SSSR count). The number of rotatable bonds is 7. The number of hydrogen-bond donors (Lipinski definition) is 2. The summed E-state index contributed by atoms with van der Waals surface area (Å²) in [5.41, 5.74) is 5.18. The summed E-state index contributed by atoms with van der Waals surface area (Å²) in [6, 6.07) is 11.8. The molecule has 130 valence electrons. The van der Waals surface area contributed by atoms with Crippen molar-refractivity contribution in [1.29, 1.82) is 0 Å². The SMILES string of the molecule is C#CCOc1ccccc1CNCC(=O)Nc1c(C)cc(C)cc1C. The minimum absolute atomic E-state index is 0.0722. The lowest BCUT2D eigenvalue weighted by molar-refractivity contribution is -0.115. The standard InChI is InChI=1S/C21H24N2O2/c1-5-10-25-19-9-7-6-8-18(19)13-22-14-20(24)23-21-16(3)11-15(2)12-17(21)4/h1,6-9,11-12,22H,10,13-14H2,2-4H3,(H,23,24). The van der Waals surface area contributed by atoms with Gasteiger partial charge in [0.15, 0.2) is 0 Å². The zero-order valence-corrected chi connectivity index (χ0v) is 15.0. The fraction of sp³-hybridized carbons (Fsp3) is 0.286.